The Morgan fingerprint density at radius 2 is 1.81 bits per heavy atom. The van der Waals surface area contributed by atoms with Gasteiger partial charge in [0.25, 0.3) is 6.02 Å². The number of hydrogen-bond donors (Lipinski definition) is 1. The molecule has 1 fully saturated rings. The fraction of sp³-hybridized carbons (Fsp3) is 0.280. The monoisotopic (exact) mass is 429 g/mol. The van der Waals surface area contributed by atoms with Crippen molar-refractivity contribution in [2.45, 2.75) is 12.5 Å². The van der Waals surface area contributed by atoms with Crippen LogP contribution in [0.5, 0.6) is 17.2 Å². The Morgan fingerprint density at radius 3 is 2.50 bits per heavy atom. The van der Waals surface area contributed by atoms with Crippen molar-refractivity contribution >= 4 is 6.02 Å². The second-order valence-corrected chi connectivity index (χ2v) is 8.90. The van der Waals surface area contributed by atoms with Crippen LogP contribution in [-0.4, -0.2) is 37.4 Å². The van der Waals surface area contributed by atoms with Crippen LogP contribution in [0.4, 0.5) is 0 Å². The van der Waals surface area contributed by atoms with E-state index in [-0.39, 0.29) is 11.4 Å². The summed E-state index contributed by atoms with van der Waals surface area (Å²) in [5.74, 6) is 2.21. The predicted octanol–water partition coefficient (Wildman–Crippen LogP) is 3.86. The van der Waals surface area contributed by atoms with Crippen molar-refractivity contribution in [3.63, 3.8) is 0 Å². The van der Waals surface area contributed by atoms with Gasteiger partial charge < -0.3 is 24.7 Å². The van der Waals surface area contributed by atoms with E-state index in [1.807, 2.05) is 48.7 Å². The Balaban J connectivity index is 1.43. The number of aromatic nitrogens is 1. The molecule has 4 heterocycles. The van der Waals surface area contributed by atoms with E-state index >= 15 is 0 Å². The summed E-state index contributed by atoms with van der Waals surface area (Å²) in [6.45, 7) is 4.47. The highest BCUT2D eigenvalue weighted by Crippen LogP contribution is 2.52. The minimum absolute atomic E-state index is 0.0500. The van der Waals surface area contributed by atoms with Gasteiger partial charge in [0.15, 0.2) is 5.54 Å². The van der Waals surface area contributed by atoms with Crippen molar-refractivity contribution in [1.82, 2.24) is 4.98 Å². The summed E-state index contributed by atoms with van der Waals surface area (Å²) in [6.07, 6.45) is 3.60. The third-order valence-corrected chi connectivity index (χ3v) is 6.25. The molecule has 162 valence electrons. The van der Waals surface area contributed by atoms with E-state index in [1.165, 1.54) is 0 Å². The summed E-state index contributed by atoms with van der Waals surface area (Å²) in [7, 11) is 0. The summed E-state index contributed by atoms with van der Waals surface area (Å²) < 4.78 is 23.4. The van der Waals surface area contributed by atoms with Crippen molar-refractivity contribution in [1.29, 1.82) is 0 Å². The lowest BCUT2D eigenvalue weighted by Crippen LogP contribution is -2.44. The van der Waals surface area contributed by atoms with E-state index in [2.05, 4.69) is 18.0 Å². The maximum atomic E-state index is 6.27. The van der Waals surface area contributed by atoms with Crippen LogP contribution in [0.15, 0.2) is 65.9 Å². The molecule has 2 N–H and O–H groups in total. The normalized spacial score (nSPS) is 22.1. The van der Waals surface area contributed by atoms with E-state index in [4.69, 9.17) is 29.7 Å². The number of hydrogen-bond acceptors (Lipinski definition) is 7. The van der Waals surface area contributed by atoms with Gasteiger partial charge in [-0.3, -0.25) is 4.98 Å². The van der Waals surface area contributed by atoms with Crippen molar-refractivity contribution < 1.29 is 18.9 Å². The highest BCUT2D eigenvalue weighted by atomic mass is 16.5. The minimum atomic E-state index is -0.798. The SMILES string of the molecule is CC1(COc2ccc3c(c2)[C@]2(COC(N)=N2)c2cc(-c4cccnc4)ccc2O3)COC1. The Labute approximate surface area is 185 Å². The maximum Gasteiger partial charge on any atom is 0.283 e. The van der Waals surface area contributed by atoms with Crippen LogP contribution in [-0.2, 0) is 15.0 Å². The summed E-state index contributed by atoms with van der Waals surface area (Å²) in [5.41, 5.74) is 9.09. The zero-order valence-corrected chi connectivity index (χ0v) is 17.7. The first-order valence-electron chi connectivity index (χ1n) is 10.6. The van der Waals surface area contributed by atoms with Crippen LogP contribution in [0.1, 0.15) is 18.1 Å². The molecule has 0 bridgehead atoms. The maximum absolute atomic E-state index is 6.27. The number of nitrogens with zero attached hydrogens (tertiary/aromatic N) is 2. The van der Waals surface area contributed by atoms with Gasteiger partial charge in [0.1, 0.15) is 23.9 Å². The molecule has 3 aliphatic heterocycles. The number of rotatable bonds is 4. The van der Waals surface area contributed by atoms with Gasteiger partial charge >= 0.3 is 0 Å². The van der Waals surface area contributed by atoms with Crippen LogP contribution in [0.3, 0.4) is 0 Å². The lowest BCUT2D eigenvalue weighted by atomic mass is 9.80. The molecule has 1 aromatic heterocycles. The number of pyridine rings is 1. The molecule has 1 atom stereocenters. The number of ether oxygens (including phenoxy) is 4. The van der Waals surface area contributed by atoms with Gasteiger partial charge in [-0.05, 0) is 42.0 Å². The van der Waals surface area contributed by atoms with Gasteiger partial charge in [-0.25, -0.2) is 4.99 Å². The van der Waals surface area contributed by atoms with Crippen molar-refractivity contribution in [3.8, 4) is 28.4 Å². The van der Waals surface area contributed by atoms with Crippen molar-refractivity contribution in [2.75, 3.05) is 26.4 Å². The Hall–Kier alpha value is -3.58. The smallest absolute Gasteiger partial charge is 0.283 e. The molecule has 32 heavy (non-hydrogen) atoms. The fourth-order valence-corrected chi connectivity index (χ4v) is 4.43. The molecule has 2 aromatic carbocycles. The Morgan fingerprint density at radius 1 is 1.00 bits per heavy atom. The molecular formula is C25H23N3O4. The van der Waals surface area contributed by atoms with Gasteiger partial charge in [-0.2, -0.15) is 0 Å². The molecule has 0 aliphatic carbocycles. The largest absolute Gasteiger partial charge is 0.493 e. The Bertz CT molecular complexity index is 1220. The molecule has 7 nitrogen and oxygen atoms in total. The van der Waals surface area contributed by atoms with Gasteiger partial charge in [0, 0.05) is 34.5 Å². The fourth-order valence-electron chi connectivity index (χ4n) is 4.43. The highest BCUT2D eigenvalue weighted by Gasteiger charge is 2.47. The third-order valence-electron chi connectivity index (χ3n) is 6.25. The molecule has 6 rings (SSSR count). The zero-order chi connectivity index (χ0) is 21.8. The summed E-state index contributed by atoms with van der Waals surface area (Å²) >= 11 is 0. The molecule has 1 spiro atoms. The molecule has 0 radical (unpaired) electrons. The predicted molar refractivity (Wildman–Crippen MR) is 119 cm³/mol. The van der Waals surface area contributed by atoms with Gasteiger partial charge in [-0.15, -0.1) is 0 Å². The van der Waals surface area contributed by atoms with Gasteiger partial charge in [-0.1, -0.05) is 19.1 Å². The molecule has 1 saturated heterocycles. The minimum Gasteiger partial charge on any atom is -0.493 e. The average Bonchev–Trinajstić information content (AvgIpc) is 3.19. The van der Waals surface area contributed by atoms with Crippen LogP contribution >= 0.6 is 0 Å². The third kappa shape index (κ3) is 3.00. The van der Waals surface area contributed by atoms with E-state index in [0.29, 0.717) is 26.4 Å². The van der Waals surface area contributed by atoms with Crippen LogP contribution in [0, 0.1) is 5.41 Å². The standard InChI is InChI=1S/C25H23N3O4/c1-24(12-29-13-24)14-30-18-5-7-22-20(10-18)25(15-31-23(26)28-25)19-9-16(4-6-21(19)32-22)17-3-2-8-27-11-17/h2-11H,12-15H2,1H3,(H2,26,28)/t25-/m0/s1. The molecule has 3 aliphatic rings. The average molecular weight is 429 g/mol. The quantitative estimate of drug-likeness (QED) is 0.678. The lowest BCUT2D eigenvalue weighted by Gasteiger charge is -2.38. The highest BCUT2D eigenvalue weighted by molar-refractivity contribution is 5.78. The zero-order valence-electron chi connectivity index (χ0n) is 17.7. The molecule has 0 amide bonds. The second kappa shape index (κ2) is 6.97. The summed E-state index contributed by atoms with van der Waals surface area (Å²) in [5, 5.41) is 0. The van der Waals surface area contributed by atoms with Crippen LogP contribution < -0.4 is 15.2 Å². The first-order valence-corrected chi connectivity index (χ1v) is 10.6. The number of amidine groups is 1. The number of fused-ring (bicyclic) bond motifs is 4. The van der Waals surface area contributed by atoms with Gasteiger partial charge in [0.2, 0.25) is 0 Å². The molecule has 0 saturated carbocycles. The van der Waals surface area contributed by atoms with Crippen molar-refractivity contribution in [3.05, 3.63) is 72.1 Å². The van der Waals surface area contributed by atoms with Crippen LogP contribution in [0.25, 0.3) is 11.1 Å². The van der Waals surface area contributed by atoms with E-state index in [0.717, 1.165) is 39.5 Å². The first-order chi connectivity index (χ1) is 15.5. The summed E-state index contributed by atoms with van der Waals surface area (Å²) in [4.78, 5) is 9.02. The molecule has 0 unspecified atom stereocenters. The number of benzene rings is 2. The van der Waals surface area contributed by atoms with E-state index < -0.39 is 5.54 Å². The Kier molecular flexibility index (Phi) is 4.16. The van der Waals surface area contributed by atoms with Crippen molar-refractivity contribution in [2.24, 2.45) is 16.1 Å². The van der Waals surface area contributed by atoms with E-state index in [1.54, 1.807) is 6.20 Å². The van der Waals surface area contributed by atoms with Crippen LogP contribution in [0.2, 0.25) is 0 Å². The van der Waals surface area contributed by atoms with E-state index in [9.17, 15) is 0 Å². The molecule has 7 heteroatoms. The molecule has 3 aromatic rings. The lowest BCUT2D eigenvalue weighted by molar-refractivity contribution is -0.120. The van der Waals surface area contributed by atoms with Gasteiger partial charge in [0.05, 0.1) is 19.8 Å². The summed E-state index contributed by atoms with van der Waals surface area (Å²) in [6, 6.07) is 16.0. The number of aliphatic imine (C=N–C) groups is 1. The topological polar surface area (TPSA) is 88.2 Å². The second-order valence-electron chi connectivity index (χ2n) is 8.90. The number of nitrogens with two attached hydrogens (primary N) is 1. The first kappa shape index (κ1) is 19.1. The molecular weight excluding hydrogens is 406 g/mol.